The molecule has 1 aromatic carbocycles. The van der Waals surface area contributed by atoms with Crippen molar-refractivity contribution >= 4 is 21.4 Å². The minimum Gasteiger partial charge on any atom is -0.315 e. The van der Waals surface area contributed by atoms with Gasteiger partial charge in [0.1, 0.15) is 5.82 Å². The Hall–Kier alpha value is -0.650. The van der Waals surface area contributed by atoms with E-state index in [2.05, 4.69) is 5.32 Å². The van der Waals surface area contributed by atoms with Crippen LogP contribution in [-0.4, -0.2) is 33.0 Å². The SMILES string of the molecule is O=S1(=O)CCC(C2(Cc3cccc(Cl)c3F)CNC2)C1. The maximum absolute atomic E-state index is 14.1. The summed E-state index contributed by atoms with van der Waals surface area (Å²) in [5, 5.41) is 3.34. The Balaban J connectivity index is 1.85. The molecule has 0 saturated carbocycles. The van der Waals surface area contributed by atoms with Gasteiger partial charge in [0.05, 0.1) is 16.5 Å². The van der Waals surface area contributed by atoms with E-state index in [1.165, 1.54) is 6.07 Å². The average molecular weight is 318 g/mol. The van der Waals surface area contributed by atoms with Crippen LogP contribution in [0.15, 0.2) is 18.2 Å². The van der Waals surface area contributed by atoms with Gasteiger partial charge in [-0.15, -0.1) is 0 Å². The van der Waals surface area contributed by atoms with Gasteiger partial charge < -0.3 is 5.32 Å². The second-order valence-electron chi connectivity index (χ2n) is 5.96. The first-order chi connectivity index (χ1) is 9.42. The van der Waals surface area contributed by atoms with E-state index in [1.807, 2.05) is 0 Å². The lowest BCUT2D eigenvalue weighted by atomic mass is 9.66. The Morgan fingerprint density at radius 3 is 2.70 bits per heavy atom. The molecule has 3 nitrogen and oxygen atoms in total. The highest BCUT2D eigenvalue weighted by Gasteiger charge is 2.48. The molecule has 2 aliphatic heterocycles. The Morgan fingerprint density at radius 1 is 1.40 bits per heavy atom. The lowest BCUT2D eigenvalue weighted by molar-refractivity contribution is 0.0913. The van der Waals surface area contributed by atoms with Crippen LogP contribution in [0.4, 0.5) is 4.39 Å². The van der Waals surface area contributed by atoms with Gasteiger partial charge in [-0.1, -0.05) is 23.7 Å². The van der Waals surface area contributed by atoms with Gasteiger partial charge in [-0.2, -0.15) is 0 Å². The molecule has 1 atom stereocenters. The van der Waals surface area contributed by atoms with Gasteiger partial charge in [-0.05, 0) is 30.4 Å². The number of sulfone groups is 1. The molecule has 1 unspecified atom stereocenters. The molecule has 1 N–H and O–H groups in total. The minimum absolute atomic E-state index is 0.118. The topological polar surface area (TPSA) is 46.2 Å². The summed E-state index contributed by atoms with van der Waals surface area (Å²) < 4.78 is 37.4. The highest BCUT2D eigenvalue weighted by molar-refractivity contribution is 7.91. The molecule has 110 valence electrons. The molecular formula is C14H17ClFNO2S. The first-order valence-electron chi connectivity index (χ1n) is 6.76. The molecule has 2 fully saturated rings. The summed E-state index contributed by atoms with van der Waals surface area (Å²) in [6, 6.07) is 5.02. The van der Waals surface area contributed by atoms with Crippen LogP contribution in [0.5, 0.6) is 0 Å². The minimum atomic E-state index is -2.91. The Labute approximate surface area is 123 Å². The van der Waals surface area contributed by atoms with E-state index in [-0.39, 0.29) is 33.7 Å². The number of halogens is 2. The molecule has 0 radical (unpaired) electrons. The second-order valence-corrected chi connectivity index (χ2v) is 8.59. The third kappa shape index (κ3) is 2.47. The summed E-state index contributed by atoms with van der Waals surface area (Å²) in [5.74, 6) is 0.238. The highest BCUT2D eigenvalue weighted by atomic mass is 35.5. The van der Waals surface area contributed by atoms with Gasteiger partial charge >= 0.3 is 0 Å². The van der Waals surface area contributed by atoms with Crippen LogP contribution in [0.3, 0.4) is 0 Å². The average Bonchev–Trinajstić information content (AvgIpc) is 2.70. The molecule has 20 heavy (non-hydrogen) atoms. The van der Waals surface area contributed by atoms with Crippen molar-refractivity contribution in [2.75, 3.05) is 24.6 Å². The van der Waals surface area contributed by atoms with Crippen LogP contribution < -0.4 is 5.32 Å². The molecule has 3 rings (SSSR count). The molecule has 0 spiro atoms. The van der Waals surface area contributed by atoms with Gasteiger partial charge in [-0.25, -0.2) is 12.8 Å². The van der Waals surface area contributed by atoms with Crippen molar-refractivity contribution in [3.8, 4) is 0 Å². The molecule has 6 heteroatoms. The first-order valence-corrected chi connectivity index (χ1v) is 8.96. The van der Waals surface area contributed by atoms with Crippen molar-refractivity contribution in [2.24, 2.45) is 11.3 Å². The van der Waals surface area contributed by atoms with E-state index in [9.17, 15) is 12.8 Å². The Bertz CT molecular complexity index is 628. The maximum Gasteiger partial charge on any atom is 0.150 e. The quantitative estimate of drug-likeness (QED) is 0.928. The monoisotopic (exact) mass is 317 g/mol. The standard InChI is InChI=1S/C14H17ClFNO2S/c15-12-3-1-2-10(13(12)16)6-14(8-17-9-14)11-4-5-20(18,19)7-11/h1-3,11,17H,4-9H2. The number of hydrogen-bond acceptors (Lipinski definition) is 3. The van der Waals surface area contributed by atoms with Crippen molar-refractivity contribution in [1.29, 1.82) is 0 Å². The number of nitrogens with one attached hydrogen (secondary N) is 1. The number of benzene rings is 1. The van der Waals surface area contributed by atoms with Gasteiger partial charge in [0.2, 0.25) is 0 Å². The fourth-order valence-electron chi connectivity index (χ4n) is 3.35. The molecular weight excluding hydrogens is 301 g/mol. The van der Waals surface area contributed by atoms with Crippen molar-refractivity contribution in [2.45, 2.75) is 12.8 Å². The number of rotatable bonds is 3. The molecule has 0 aliphatic carbocycles. The molecule has 2 aliphatic rings. The van der Waals surface area contributed by atoms with E-state index in [1.54, 1.807) is 12.1 Å². The molecule has 0 amide bonds. The summed E-state index contributed by atoms with van der Waals surface area (Å²) >= 11 is 5.82. The predicted octanol–water partition coefficient (Wildman–Crippen LogP) is 2.05. The second kappa shape index (κ2) is 4.97. The Morgan fingerprint density at radius 2 is 2.15 bits per heavy atom. The summed E-state index contributed by atoms with van der Waals surface area (Å²) in [6.45, 7) is 1.50. The van der Waals surface area contributed by atoms with E-state index in [0.29, 0.717) is 18.4 Å². The van der Waals surface area contributed by atoms with E-state index >= 15 is 0 Å². The lowest BCUT2D eigenvalue weighted by Gasteiger charge is -2.47. The zero-order valence-electron chi connectivity index (χ0n) is 11.0. The number of hydrogen-bond donors (Lipinski definition) is 1. The third-order valence-corrected chi connectivity index (χ3v) is 6.69. The third-order valence-electron chi connectivity index (χ3n) is 4.63. The van der Waals surface area contributed by atoms with E-state index in [0.717, 1.165) is 13.1 Å². The zero-order valence-corrected chi connectivity index (χ0v) is 12.6. The van der Waals surface area contributed by atoms with Gasteiger partial charge in [0, 0.05) is 18.5 Å². The smallest absolute Gasteiger partial charge is 0.150 e. The van der Waals surface area contributed by atoms with Crippen molar-refractivity contribution in [1.82, 2.24) is 5.32 Å². The summed E-state index contributed by atoms with van der Waals surface area (Å²) in [5.41, 5.74) is 0.443. The van der Waals surface area contributed by atoms with Crippen molar-refractivity contribution in [3.63, 3.8) is 0 Å². The van der Waals surface area contributed by atoms with Gasteiger partial charge in [0.25, 0.3) is 0 Å². The molecule has 0 aromatic heterocycles. The predicted molar refractivity (Wildman–Crippen MR) is 77.2 cm³/mol. The fourth-order valence-corrected chi connectivity index (χ4v) is 5.48. The van der Waals surface area contributed by atoms with E-state index in [4.69, 9.17) is 11.6 Å². The first kappa shape index (κ1) is 14.3. The van der Waals surface area contributed by atoms with E-state index < -0.39 is 9.84 Å². The zero-order chi connectivity index (χ0) is 14.4. The largest absolute Gasteiger partial charge is 0.315 e. The molecule has 0 bridgehead atoms. The Kier molecular flexibility index (Phi) is 3.55. The van der Waals surface area contributed by atoms with Crippen LogP contribution in [-0.2, 0) is 16.3 Å². The lowest BCUT2D eigenvalue weighted by Crippen LogP contribution is -2.59. The summed E-state index contributed by atoms with van der Waals surface area (Å²) in [7, 11) is -2.91. The fraction of sp³-hybridized carbons (Fsp3) is 0.571. The van der Waals surface area contributed by atoms with Crippen LogP contribution in [0.25, 0.3) is 0 Å². The molecule has 1 aromatic rings. The molecule has 2 saturated heterocycles. The van der Waals surface area contributed by atoms with Crippen LogP contribution >= 0.6 is 11.6 Å². The summed E-state index contributed by atoms with van der Waals surface area (Å²) in [4.78, 5) is 0. The van der Waals surface area contributed by atoms with Crippen LogP contribution in [0, 0.1) is 17.2 Å². The van der Waals surface area contributed by atoms with Gasteiger partial charge in [0.15, 0.2) is 9.84 Å². The summed E-state index contributed by atoms with van der Waals surface area (Å²) in [6.07, 6.45) is 1.23. The normalized spacial score (nSPS) is 27.2. The van der Waals surface area contributed by atoms with Crippen LogP contribution in [0.2, 0.25) is 5.02 Å². The van der Waals surface area contributed by atoms with Gasteiger partial charge in [-0.3, -0.25) is 0 Å². The van der Waals surface area contributed by atoms with Crippen molar-refractivity contribution in [3.05, 3.63) is 34.6 Å². The van der Waals surface area contributed by atoms with Crippen LogP contribution in [0.1, 0.15) is 12.0 Å². The highest BCUT2D eigenvalue weighted by Crippen LogP contribution is 2.42. The molecule has 2 heterocycles. The maximum atomic E-state index is 14.1. The van der Waals surface area contributed by atoms with Crippen molar-refractivity contribution < 1.29 is 12.8 Å².